The molecule has 5 nitrogen and oxygen atoms in total. The van der Waals surface area contributed by atoms with E-state index in [-0.39, 0.29) is 0 Å². The summed E-state index contributed by atoms with van der Waals surface area (Å²) in [5, 5.41) is 7.04. The van der Waals surface area contributed by atoms with E-state index in [1.165, 1.54) is 0 Å². The first-order chi connectivity index (χ1) is 8.72. The normalized spacial score (nSPS) is 11.2. The number of hydrogen-bond acceptors (Lipinski definition) is 3. The average Bonchev–Trinajstić information content (AvgIpc) is 2.91. The topological polar surface area (TPSA) is 72.5 Å². The lowest BCUT2D eigenvalue weighted by Gasteiger charge is -2.03. The molecule has 0 unspecified atom stereocenters. The standard InChI is InChI=1S/C13H15N5/c1-3-8-11(12(14)17-16-8)13-15-9-6-4-5-7-10(9)18(13)2/h4-7H,3H2,1-2H3,(H3,14,16,17). The molecule has 0 aliphatic carbocycles. The third-order valence-electron chi connectivity index (χ3n) is 3.23. The van der Waals surface area contributed by atoms with Crippen LogP contribution in [0.25, 0.3) is 22.4 Å². The van der Waals surface area contributed by atoms with E-state index in [1.807, 2.05) is 31.3 Å². The van der Waals surface area contributed by atoms with Crippen LogP contribution in [0.2, 0.25) is 0 Å². The van der Waals surface area contributed by atoms with Crippen LogP contribution in [-0.4, -0.2) is 19.7 Å². The molecular formula is C13H15N5. The number of anilines is 1. The number of nitrogens with two attached hydrogens (primary N) is 1. The Morgan fingerprint density at radius 3 is 2.83 bits per heavy atom. The number of rotatable bonds is 2. The molecule has 0 fully saturated rings. The minimum absolute atomic E-state index is 0.505. The summed E-state index contributed by atoms with van der Waals surface area (Å²) in [6.07, 6.45) is 0.850. The van der Waals surface area contributed by atoms with Gasteiger partial charge in [0.15, 0.2) is 5.82 Å². The van der Waals surface area contributed by atoms with Crippen molar-refractivity contribution in [1.29, 1.82) is 0 Å². The molecule has 0 amide bonds. The van der Waals surface area contributed by atoms with Gasteiger partial charge in [0.2, 0.25) is 0 Å². The largest absolute Gasteiger partial charge is 0.382 e. The van der Waals surface area contributed by atoms with E-state index in [4.69, 9.17) is 5.73 Å². The van der Waals surface area contributed by atoms with Crippen LogP contribution in [0.15, 0.2) is 24.3 Å². The molecule has 0 saturated heterocycles. The third kappa shape index (κ3) is 1.40. The van der Waals surface area contributed by atoms with Gasteiger partial charge in [-0.25, -0.2) is 4.98 Å². The Bertz CT molecular complexity index is 707. The fraction of sp³-hybridized carbons (Fsp3) is 0.231. The summed E-state index contributed by atoms with van der Waals surface area (Å²) >= 11 is 0. The van der Waals surface area contributed by atoms with E-state index >= 15 is 0 Å². The van der Waals surface area contributed by atoms with Gasteiger partial charge in [-0.05, 0) is 18.6 Å². The van der Waals surface area contributed by atoms with Crippen LogP contribution in [0.5, 0.6) is 0 Å². The van der Waals surface area contributed by atoms with Crippen LogP contribution in [0.4, 0.5) is 5.82 Å². The van der Waals surface area contributed by atoms with Crippen molar-refractivity contribution >= 4 is 16.9 Å². The summed E-state index contributed by atoms with van der Waals surface area (Å²) in [6, 6.07) is 8.04. The second kappa shape index (κ2) is 3.87. The van der Waals surface area contributed by atoms with Gasteiger partial charge in [-0.15, -0.1) is 0 Å². The zero-order valence-electron chi connectivity index (χ0n) is 10.4. The molecule has 3 aromatic rings. The summed E-state index contributed by atoms with van der Waals surface area (Å²) in [5.41, 5.74) is 9.94. The van der Waals surface area contributed by atoms with Crippen LogP contribution in [0.3, 0.4) is 0 Å². The molecule has 0 spiro atoms. The Labute approximate surface area is 105 Å². The van der Waals surface area contributed by atoms with Crippen molar-refractivity contribution in [2.75, 3.05) is 5.73 Å². The molecule has 3 rings (SSSR count). The minimum Gasteiger partial charge on any atom is -0.382 e. The number of benzene rings is 1. The molecule has 0 radical (unpaired) electrons. The summed E-state index contributed by atoms with van der Waals surface area (Å²) in [6.45, 7) is 2.07. The fourth-order valence-corrected chi connectivity index (χ4v) is 2.27. The number of aromatic amines is 1. The number of hydrogen-bond donors (Lipinski definition) is 2. The zero-order valence-corrected chi connectivity index (χ0v) is 10.4. The highest BCUT2D eigenvalue weighted by atomic mass is 15.2. The van der Waals surface area contributed by atoms with Gasteiger partial charge >= 0.3 is 0 Å². The maximum atomic E-state index is 5.94. The smallest absolute Gasteiger partial charge is 0.156 e. The number of imidazole rings is 1. The zero-order chi connectivity index (χ0) is 12.7. The van der Waals surface area contributed by atoms with Crippen molar-refractivity contribution < 1.29 is 0 Å². The van der Waals surface area contributed by atoms with Crippen molar-refractivity contribution in [3.8, 4) is 11.4 Å². The predicted octanol–water partition coefficient (Wildman–Crippen LogP) is 2.11. The van der Waals surface area contributed by atoms with E-state index in [0.29, 0.717) is 5.82 Å². The van der Waals surface area contributed by atoms with E-state index < -0.39 is 0 Å². The number of para-hydroxylation sites is 2. The fourth-order valence-electron chi connectivity index (χ4n) is 2.27. The Hall–Kier alpha value is -2.30. The molecule has 0 saturated carbocycles. The summed E-state index contributed by atoms with van der Waals surface area (Å²) in [4.78, 5) is 4.65. The molecule has 0 aliphatic rings. The highest BCUT2D eigenvalue weighted by Crippen LogP contribution is 2.29. The lowest BCUT2D eigenvalue weighted by atomic mass is 10.2. The van der Waals surface area contributed by atoms with Gasteiger partial charge in [0, 0.05) is 12.7 Å². The highest BCUT2D eigenvalue weighted by Gasteiger charge is 2.17. The molecule has 2 aromatic heterocycles. The van der Waals surface area contributed by atoms with Gasteiger partial charge in [0.05, 0.1) is 16.6 Å². The SMILES string of the molecule is CCc1[nH]nc(N)c1-c1nc2ccccc2n1C. The molecular weight excluding hydrogens is 226 g/mol. The third-order valence-corrected chi connectivity index (χ3v) is 3.23. The van der Waals surface area contributed by atoms with Crippen molar-refractivity contribution in [2.24, 2.45) is 7.05 Å². The van der Waals surface area contributed by atoms with Crippen molar-refractivity contribution in [3.05, 3.63) is 30.0 Å². The summed E-state index contributed by atoms with van der Waals surface area (Å²) in [7, 11) is 2.00. The summed E-state index contributed by atoms with van der Waals surface area (Å²) in [5.74, 6) is 1.37. The number of aromatic nitrogens is 4. The Morgan fingerprint density at radius 1 is 1.33 bits per heavy atom. The molecule has 0 bridgehead atoms. The highest BCUT2D eigenvalue weighted by molar-refractivity contribution is 5.83. The first kappa shape index (κ1) is 10.8. The average molecular weight is 241 g/mol. The molecule has 0 atom stereocenters. The van der Waals surface area contributed by atoms with E-state index in [0.717, 1.165) is 34.5 Å². The maximum Gasteiger partial charge on any atom is 0.156 e. The van der Waals surface area contributed by atoms with Crippen molar-refractivity contribution in [1.82, 2.24) is 19.7 Å². The van der Waals surface area contributed by atoms with E-state index in [1.54, 1.807) is 0 Å². The number of nitrogens with zero attached hydrogens (tertiary/aromatic N) is 3. The van der Waals surface area contributed by atoms with Crippen LogP contribution in [-0.2, 0) is 13.5 Å². The lowest BCUT2D eigenvalue weighted by Crippen LogP contribution is -1.97. The Morgan fingerprint density at radius 2 is 2.11 bits per heavy atom. The molecule has 18 heavy (non-hydrogen) atoms. The van der Waals surface area contributed by atoms with E-state index in [2.05, 4.69) is 26.7 Å². The van der Waals surface area contributed by atoms with Gasteiger partial charge in [-0.1, -0.05) is 19.1 Å². The lowest BCUT2D eigenvalue weighted by molar-refractivity contribution is 0.945. The van der Waals surface area contributed by atoms with Crippen molar-refractivity contribution in [3.63, 3.8) is 0 Å². The molecule has 0 aliphatic heterocycles. The minimum atomic E-state index is 0.505. The number of nitrogen functional groups attached to an aromatic ring is 1. The quantitative estimate of drug-likeness (QED) is 0.721. The second-order valence-corrected chi connectivity index (χ2v) is 4.30. The van der Waals surface area contributed by atoms with Gasteiger partial charge in [0.25, 0.3) is 0 Å². The monoisotopic (exact) mass is 241 g/mol. The van der Waals surface area contributed by atoms with Crippen LogP contribution in [0, 0.1) is 0 Å². The molecule has 3 N–H and O–H groups in total. The predicted molar refractivity (Wildman–Crippen MR) is 72.1 cm³/mol. The van der Waals surface area contributed by atoms with Gasteiger partial charge < -0.3 is 10.3 Å². The Balaban J connectivity index is 2.31. The van der Waals surface area contributed by atoms with Crippen LogP contribution in [0.1, 0.15) is 12.6 Å². The molecule has 92 valence electrons. The van der Waals surface area contributed by atoms with Gasteiger partial charge in [0.1, 0.15) is 5.82 Å². The number of nitrogens with one attached hydrogen (secondary N) is 1. The number of H-pyrrole nitrogens is 1. The van der Waals surface area contributed by atoms with Crippen LogP contribution >= 0.6 is 0 Å². The van der Waals surface area contributed by atoms with E-state index in [9.17, 15) is 0 Å². The molecule has 2 heterocycles. The first-order valence-electron chi connectivity index (χ1n) is 5.97. The number of aryl methyl sites for hydroxylation is 2. The van der Waals surface area contributed by atoms with Gasteiger partial charge in [-0.3, -0.25) is 5.10 Å². The van der Waals surface area contributed by atoms with Gasteiger partial charge in [-0.2, -0.15) is 5.10 Å². The van der Waals surface area contributed by atoms with Crippen molar-refractivity contribution in [2.45, 2.75) is 13.3 Å². The Kier molecular flexibility index (Phi) is 2.33. The first-order valence-corrected chi connectivity index (χ1v) is 5.97. The summed E-state index contributed by atoms with van der Waals surface area (Å²) < 4.78 is 2.05. The number of fused-ring (bicyclic) bond motifs is 1. The second-order valence-electron chi connectivity index (χ2n) is 4.30. The molecule has 1 aromatic carbocycles. The maximum absolute atomic E-state index is 5.94. The van der Waals surface area contributed by atoms with Crippen LogP contribution < -0.4 is 5.73 Å². The molecule has 5 heteroatoms.